The molecular formula is C16H26N2O. The summed E-state index contributed by atoms with van der Waals surface area (Å²) in [6.07, 6.45) is 3.99. The van der Waals surface area contributed by atoms with Crippen LogP contribution in [-0.2, 0) is 6.54 Å². The maximum Gasteiger partial charge on any atom is 0.117 e. The van der Waals surface area contributed by atoms with Crippen LogP contribution in [0.4, 0.5) is 0 Å². The van der Waals surface area contributed by atoms with Crippen LogP contribution in [0.2, 0.25) is 0 Å². The smallest absolute Gasteiger partial charge is 0.117 e. The Bertz CT molecular complexity index is 415. The van der Waals surface area contributed by atoms with Gasteiger partial charge in [0.15, 0.2) is 0 Å². The van der Waals surface area contributed by atoms with Crippen LogP contribution in [0, 0.1) is 5.92 Å². The highest BCUT2D eigenvalue weighted by Gasteiger charge is 2.36. The van der Waals surface area contributed by atoms with Crippen molar-refractivity contribution >= 4 is 0 Å². The van der Waals surface area contributed by atoms with Crippen molar-refractivity contribution in [1.82, 2.24) is 10.2 Å². The van der Waals surface area contributed by atoms with E-state index in [1.165, 1.54) is 38.1 Å². The SMILES string of the molecule is CCN1CCCC1CNCc1ccc(C2CC2C)o1. The summed E-state index contributed by atoms with van der Waals surface area (Å²) in [5.41, 5.74) is 0. The van der Waals surface area contributed by atoms with Crippen molar-refractivity contribution in [1.29, 1.82) is 0 Å². The number of likely N-dealkylation sites (N-methyl/N-ethyl adjacent to an activating group) is 1. The molecule has 2 heterocycles. The number of furan rings is 1. The fourth-order valence-corrected chi connectivity index (χ4v) is 3.31. The molecule has 1 aliphatic heterocycles. The molecule has 19 heavy (non-hydrogen) atoms. The number of hydrogen-bond donors (Lipinski definition) is 1. The van der Waals surface area contributed by atoms with E-state index in [0.29, 0.717) is 5.92 Å². The summed E-state index contributed by atoms with van der Waals surface area (Å²) in [7, 11) is 0. The van der Waals surface area contributed by atoms with E-state index in [9.17, 15) is 0 Å². The molecule has 0 amide bonds. The van der Waals surface area contributed by atoms with Crippen LogP contribution in [0.15, 0.2) is 16.5 Å². The highest BCUT2D eigenvalue weighted by molar-refractivity contribution is 5.17. The van der Waals surface area contributed by atoms with Gasteiger partial charge in [0, 0.05) is 18.5 Å². The first-order valence-electron chi connectivity index (χ1n) is 7.81. The zero-order chi connectivity index (χ0) is 13.2. The molecule has 3 heteroatoms. The maximum absolute atomic E-state index is 5.92. The van der Waals surface area contributed by atoms with Gasteiger partial charge in [0.2, 0.25) is 0 Å². The van der Waals surface area contributed by atoms with Gasteiger partial charge in [-0.3, -0.25) is 4.90 Å². The monoisotopic (exact) mass is 262 g/mol. The van der Waals surface area contributed by atoms with Crippen LogP contribution >= 0.6 is 0 Å². The first kappa shape index (κ1) is 13.2. The second kappa shape index (κ2) is 5.68. The summed E-state index contributed by atoms with van der Waals surface area (Å²) in [4.78, 5) is 2.58. The number of likely N-dealkylation sites (tertiary alicyclic amines) is 1. The summed E-state index contributed by atoms with van der Waals surface area (Å²) in [6, 6.07) is 5.03. The summed E-state index contributed by atoms with van der Waals surface area (Å²) < 4.78 is 5.92. The van der Waals surface area contributed by atoms with E-state index < -0.39 is 0 Å². The van der Waals surface area contributed by atoms with Crippen molar-refractivity contribution in [3.05, 3.63) is 23.7 Å². The van der Waals surface area contributed by atoms with Gasteiger partial charge in [0.05, 0.1) is 6.54 Å². The van der Waals surface area contributed by atoms with Gasteiger partial charge in [-0.1, -0.05) is 13.8 Å². The Kier molecular flexibility index (Phi) is 3.94. The third-order valence-electron chi connectivity index (χ3n) is 4.74. The average molecular weight is 262 g/mol. The highest BCUT2D eigenvalue weighted by Crippen LogP contribution is 2.47. The van der Waals surface area contributed by atoms with E-state index in [0.717, 1.165) is 30.8 Å². The van der Waals surface area contributed by atoms with Crippen LogP contribution in [0.3, 0.4) is 0 Å². The zero-order valence-corrected chi connectivity index (χ0v) is 12.2. The highest BCUT2D eigenvalue weighted by atomic mass is 16.3. The molecule has 2 aliphatic rings. The first-order chi connectivity index (χ1) is 9.28. The van der Waals surface area contributed by atoms with Crippen LogP contribution < -0.4 is 5.32 Å². The summed E-state index contributed by atoms with van der Waals surface area (Å²) in [6.45, 7) is 8.96. The first-order valence-corrected chi connectivity index (χ1v) is 7.81. The Morgan fingerprint density at radius 3 is 3.00 bits per heavy atom. The lowest BCUT2D eigenvalue weighted by Crippen LogP contribution is -2.37. The predicted molar refractivity (Wildman–Crippen MR) is 77.2 cm³/mol. The lowest BCUT2D eigenvalue weighted by Gasteiger charge is -2.22. The Labute approximate surface area is 116 Å². The van der Waals surface area contributed by atoms with Gasteiger partial charge in [-0.15, -0.1) is 0 Å². The molecule has 0 spiro atoms. The van der Waals surface area contributed by atoms with Crippen LogP contribution in [0.25, 0.3) is 0 Å². The predicted octanol–water partition coefficient (Wildman–Crippen LogP) is 2.98. The van der Waals surface area contributed by atoms with Gasteiger partial charge in [0.25, 0.3) is 0 Å². The molecule has 1 aromatic heterocycles. The van der Waals surface area contributed by atoms with Gasteiger partial charge in [-0.25, -0.2) is 0 Å². The summed E-state index contributed by atoms with van der Waals surface area (Å²) in [5.74, 6) is 3.80. The third kappa shape index (κ3) is 3.03. The zero-order valence-electron chi connectivity index (χ0n) is 12.2. The molecule has 1 aliphatic carbocycles. The molecule has 3 rings (SSSR count). The second-order valence-electron chi connectivity index (χ2n) is 6.18. The van der Waals surface area contributed by atoms with Crippen LogP contribution in [-0.4, -0.2) is 30.6 Å². The molecule has 1 saturated heterocycles. The molecule has 3 atom stereocenters. The minimum atomic E-state index is 0.694. The molecule has 3 unspecified atom stereocenters. The third-order valence-corrected chi connectivity index (χ3v) is 4.74. The Balaban J connectivity index is 1.43. The van der Waals surface area contributed by atoms with E-state index in [1.54, 1.807) is 0 Å². The van der Waals surface area contributed by atoms with Gasteiger partial charge in [-0.05, 0) is 50.4 Å². The van der Waals surface area contributed by atoms with Crippen molar-refractivity contribution < 1.29 is 4.42 Å². The Morgan fingerprint density at radius 2 is 2.26 bits per heavy atom. The van der Waals surface area contributed by atoms with Gasteiger partial charge in [-0.2, -0.15) is 0 Å². The van der Waals surface area contributed by atoms with Crippen molar-refractivity contribution in [2.45, 2.75) is 51.6 Å². The molecule has 0 aromatic carbocycles. The summed E-state index contributed by atoms with van der Waals surface area (Å²) >= 11 is 0. The fourth-order valence-electron chi connectivity index (χ4n) is 3.31. The van der Waals surface area contributed by atoms with E-state index in [2.05, 4.69) is 36.2 Å². The van der Waals surface area contributed by atoms with Gasteiger partial charge < -0.3 is 9.73 Å². The molecule has 1 saturated carbocycles. The molecule has 1 aromatic rings. The Hall–Kier alpha value is -0.800. The largest absolute Gasteiger partial charge is 0.464 e. The minimum Gasteiger partial charge on any atom is -0.464 e. The molecule has 1 N–H and O–H groups in total. The van der Waals surface area contributed by atoms with Crippen molar-refractivity contribution in [2.75, 3.05) is 19.6 Å². The number of nitrogens with zero attached hydrogens (tertiary/aromatic N) is 1. The van der Waals surface area contributed by atoms with Crippen molar-refractivity contribution in [2.24, 2.45) is 5.92 Å². The molecule has 3 nitrogen and oxygen atoms in total. The molecule has 0 radical (unpaired) electrons. The van der Waals surface area contributed by atoms with E-state index in [4.69, 9.17) is 4.42 Å². The Morgan fingerprint density at radius 1 is 1.42 bits per heavy atom. The standard InChI is InChI=1S/C16H26N2O/c1-3-18-8-4-5-13(18)10-17-11-14-6-7-16(19-14)15-9-12(15)2/h6-7,12-13,15,17H,3-5,8-11H2,1-2H3. The average Bonchev–Trinajstić information content (AvgIpc) is 2.85. The molecular weight excluding hydrogens is 236 g/mol. The number of nitrogens with one attached hydrogen (secondary N) is 1. The lowest BCUT2D eigenvalue weighted by molar-refractivity contribution is 0.258. The van der Waals surface area contributed by atoms with Crippen molar-refractivity contribution in [3.63, 3.8) is 0 Å². The minimum absolute atomic E-state index is 0.694. The van der Waals surface area contributed by atoms with E-state index >= 15 is 0 Å². The van der Waals surface area contributed by atoms with Crippen molar-refractivity contribution in [3.8, 4) is 0 Å². The topological polar surface area (TPSA) is 28.4 Å². The molecule has 106 valence electrons. The quantitative estimate of drug-likeness (QED) is 0.854. The molecule has 2 fully saturated rings. The van der Waals surface area contributed by atoms with E-state index in [-0.39, 0.29) is 0 Å². The van der Waals surface area contributed by atoms with Crippen LogP contribution in [0.5, 0.6) is 0 Å². The van der Waals surface area contributed by atoms with E-state index in [1.807, 2.05) is 0 Å². The maximum atomic E-state index is 5.92. The second-order valence-corrected chi connectivity index (χ2v) is 6.18. The fraction of sp³-hybridized carbons (Fsp3) is 0.750. The number of hydrogen-bond acceptors (Lipinski definition) is 3. The normalized spacial score (nSPS) is 30.9. The van der Waals surface area contributed by atoms with Crippen LogP contribution in [0.1, 0.15) is 50.5 Å². The summed E-state index contributed by atoms with van der Waals surface area (Å²) in [5, 5.41) is 3.56. The molecule has 0 bridgehead atoms. The van der Waals surface area contributed by atoms with Gasteiger partial charge in [0.1, 0.15) is 11.5 Å². The number of rotatable bonds is 6. The van der Waals surface area contributed by atoms with Gasteiger partial charge >= 0.3 is 0 Å². The lowest BCUT2D eigenvalue weighted by atomic mass is 10.2.